The molecule has 3 aromatic rings. The van der Waals surface area contributed by atoms with Crippen molar-refractivity contribution >= 4 is 31.6 Å². The van der Waals surface area contributed by atoms with E-state index in [4.69, 9.17) is 9.47 Å². The Kier molecular flexibility index (Phi) is 12.9. The number of ether oxygens (including phenoxy) is 2. The zero-order valence-electron chi connectivity index (χ0n) is 29.1. The topological polar surface area (TPSA) is 143 Å². The third-order valence-electron chi connectivity index (χ3n) is 8.80. The van der Waals surface area contributed by atoms with Gasteiger partial charge in [-0.15, -0.1) is 0 Å². The van der Waals surface area contributed by atoms with E-state index < -0.39 is 38.1 Å². The van der Waals surface area contributed by atoms with E-state index in [-0.39, 0.29) is 52.8 Å². The Morgan fingerprint density at radius 3 is 2.16 bits per heavy atom. The van der Waals surface area contributed by atoms with Crippen molar-refractivity contribution in [3.05, 3.63) is 83.4 Å². The molecule has 1 aliphatic rings. The maximum absolute atomic E-state index is 14.4. The van der Waals surface area contributed by atoms with E-state index in [0.717, 1.165) is 17.5 Å². The molecule has 4 rings (SSSR count). The fraction of sp³-hybridized carbons (Fsp3) is 0.472. The van der Waals surface area contributed by atoms with Crippen LogP contribution in [0.4, 0.5) is 5.69 Å². The van der Waals surface area contributed by atoms with Crippen LogP contribution in [0, 0.1) is 19.8 Å². The zero-order valence-corrected chi connectivity index (χ0v) is 30.8. The van der Waals surface area contributed by atoms with Crippen LogP contribution in [0.25, 0.3) is 0 Å². The minimum atomic E-state index is -3.96. The molecule has 0 bridgehead atoms. The summed E-state index contributed by atoms with van der Waals surface area (Å²) in [6.45, 7) is 9.49. The van der Waals surface area contributed by atoms with Gasteiger partial charge in [-0.2, -0.15) is 4.31 Å². The normalized spacial score (nSPS) is 20.6. The van der Waals surface area contributed by atoms with Gasteiger partial charge in [-0.1, -0.05) is 42.3 Å². The number of sulfonamides is 2. The zero-order chi connectivity index (χ0) is 35.9. The van der Waals surface area contributed by atoms with E-state index in [2.05, 4.69) is 4.72 Å². The molecule has 0 unspecified atom stereocenters. The Morgan fingerprint density at radius 1 is 0.939 bits per heavy atom. The summed E-state index contributed by atoms with van der Waals surface area (Å²) in [6.07, 6.45) is 1.31. The number of hydrogen-bond acceptors (Lipinski definition) is 8. The van der Waals surface area contributed by atoms with Crippen molar-refractivity contribution in [1.82, 2.24) is 9.21 Å². The molecular weight excluding hydrogens is 667 g/mol. The standard InChI is InChI=1S/C36H49N3O8S2/c1-25-10-15-31(16-11-25)48(42,43)37-30-14-19-34-33(21-30)36(41)39(28(4)24-40)22-27(3)35(46-20-8-7-9-29(5)47-34)23-38(6)49(44,45)32-17-12-26(2)13-18-32/h10-19,21,27-29,35,37,40H,7-9,20,22-24H2,1-6H3/t27-,28+,29-,35-/m1/s1. The number of aryl methyl sites for hydroxylation is 2. The number of aliphatic hydroxyl groups excluding tert-OH is 1. The number of likely N-dealkylation sites (N-methyl/N-ethyl adjacent to an activating group) is 1. The van der Waals surface area contributed by atoms with E-state index in [1.807, 2.05) is 27.7 Å². The number of nitrogens with zero attached hydrogens (tertiary/aromatic N) is 2. The van der Waals surface area contributed by atoms with Crippen LogP contribution >= 0.6 is 0 Å². The Bertz CT molecular complexity index is 1780. The smallest absolute Gasteiger partial charge is 0.261 e. The Balaban J connectivity index is 1.67. The lowest BCUT2D eigenvalue weighted by molar-refractivity contribution is -0.00833. The molecule has 1 amide bonds. The number of fused-ring (bicyclic) bond motifs is 1. The Morgan fingerprint density at radius 2 is 1.55 bits per heavy atom. The predicted octanol–water partition coefficient (Wildman–Crippen LogP) is 5.22. The van der Waals surface area contributed by atoms with E-state index in [0.29, 0.717) is 25.2 Å². The van der Waals surface area contributed by atoms with Crippen molar-refractivity contribution < 1.29 is 36.2 Å². The SMILES string of the molecule is Cc1ccc(S(=O)(=O)Nc2ccc3c(c2)C(=O)N([C@@H](C)CO)C[C@@H](C)[C@@H](CN(C)S(=O)(=O)c2ccc(C)cc2)OCCCC[C@@H](C)O3)cc1. The summed E-state index contributed by atoms with van der Waals surface area (Å²) in [5.74, 6) is -0.529. The van der Waals surface area contributed by atoms with Gasteiger partial charge in [0.25, 0.3) is 15.9 Å². The second-order valence-electron chi connectivity index (χ2n) is 13.0. The van der Waals surface area contributed by atoms with Gasteiger partial charge in [0.2, 0.25) is 10.0 Å². The van der Waals surface area contributed by atoms with Crippen LogP contribution < -0.4 is 9.46 Å². The van der Waals surface area contributed by atoms with Crippen molar-refractivity contribution in [3.63, 3.8) is 0 Å². The summed E-state index contributed by atoms with van der Waals surface area (Å²) in [7, 11) is -6.25. The van der Waals surface area contributed by atoms with Gasteiger partial charge in [0.15, 0.2) is 0 Å². The number of rotatable bonds is 9. The molecule has 13 heteroatoms. The maximum atomic E-state index is 14.4. The lowest BCUT2D eigenvalue weighted by Gasteiger charge is -2.35. The van der Waals surface area contributed by atoms with Gasteiger partial charge in [0.05, 0.1) is 40.2 Å². The van der Waals surface area contributed by atoms with Crippen molar-refractivity contribution in [2.45, 2.75) is 81.9 Å². The van der Waals surface area contributed by atoms with E-state index >= 15 is 0 Å². The molecule has 1 heterocycles. The maximum Gasteiger partial charge on any atom is 0.261 e. The molecule has 0 spiro atoms. The summed E-state index contributed by atoms with van der Waals surface area (Å²) in [4.78, 5) is 16.2. The first-order valence-corrected chi connectivity index (χ1v) is 19.5. The van der Waals surface area contributed by atoms with Crippen LogP contribution in [0.3, 0.4) is 0 Å². The molecule has 0 saturated heterocycles. The minimum absolute atomic E-state index is 0.0496. The average molecular weight is 716 g/mol. The predicted molar refractivity (Wildman–Crippen MR) is 190 cm³/mol. The van der Waals surface area contributed by atoms with E-state index in [9.17, 15) is 26.7 Å². The summed E-state index contributed by atoms with van der Waals surface area (Å²) < 4.78 is 69.8. The largest absolute Gasteiger partial charge is 0.490 e. The molecule has 4 atom stereocenters. The van der Waals surface area contributed by atoms with Crippen LogP contribution in [0.2, 0.25) is 0 Å². The number of benzene rings is 3. The first-order valence-electron chi connectivity index (χ1n) is 16.6. The fourth-order valence-electron chi connectivity index (χ4n) is 5.62. The lowest BCUT2D eigenvalue weighted by Crippen LogP contribution is -2.48. The Hall–Kier alpha value is -3.49. The van der Waals surface area contributed by atoms with Crippen molar-refractivity contribution in [1.29, 1.82) is 0 Å². The molecule has 0 fully saturated rings. The lowest BCUT2D eigenvalue weighted by atomic mass is 10.0. The van der Waals surface area contributed by atoms with Crippen molar-refractivity contribution in [2.75, 3.05) is 38.1 Å². The number of carbonyl (C=O) groups is 1. The third kappa shape index (κ3) is 9.82. The highest BCUT2D eigenvalue weighted by Gasteiger charge is 2.32. The quantitative estimate of drug-likeness (QED) is 0.307. The molecule has 2 N–H and O–H groups in total. The summed E-state index contributed by atoms with van der Waals surface area (Å²) in [5, 5.41) is 10.2. The third-order valence-corrected chi connectivity index (χ3v) is 12.0. The summed E-state index contributed by atoms with van der Waals surface area (Å²) in [6, 6.07) is 17.1. The van der Waals surface area contributed by atoms with Crippen LogP contribution in [0.1, 0.15) is 61.5 Å². The first kappa shape index (κ1) is 38.3. The Labute approximate surface area is 291 Å². The number of nitrogens with one attached hydrogen (secondary N) is 1. The van der Waals surface area contributed by atoms with Gasteiger partial charge < -0.3 is 19.5 Å². The van der Waals surface area contributed by atoms with Crippen molar-refractivity contribution in [2.24, 2.45) is 5.92 Å². The average Bonchev–Trinajstić information content (AvgIpc) is 3.06. The molecule has 3 aromatic carbocycles. The number of carbonyl (C=O) groups excluding carboxylic acids is 1. The van der Waals surface area contributed by atoms with Crippen molar-refractivity contribution in [3.8, 4) is 5.75 Å². The minimum Gasteiger partial charge on any atom is -0.490 e. The molecule has 0 radical (unpaired) electrons. The molecule has 268 valence electrons. The highest BCUT2D eigenvalue weighted by molar-refractivity contribution is 7.92. The molecular formula is C36H49N3O8S2. The van der Waals surface area contributed by atoms with Crippen LogP contribution in [-0.4, -0.2) is 88.7 Å². The molecule has 0 saturated carbocycles. The van der Waals surface area contributed by atoms with Gasteiger partial charge in [0.1, 0.15) is 5.75 Å². The second-order valence-corrected chi connectivity index (χ2v) is 16.8. The summed E-state index contributed by atoms with van der Waals surface area (Å²) >= 11 is 0. The van der Waals surface area contributed by atoms with Crippen LogP contribution in [0.15, 0.2) is 76.5 Å². The van der Waals surface area contributed by atoms with Crippen LogP contribution in [-0.2, 0) is 24.8 Å². The second kappa shape index (κ2) is 16.5. The fourth-order valence-corrected chi connectivity index (χ4v) is 7.85. The first-order chi connectivity index (χ1) is 23.1. The van der Waals surface area contributed by atoms with Gasteiger partial charge in [-0.05, 0) is 89.4 Å². The van der Waals surface area contributed by atoms with Crippen LogP contribution in [0.5, 0.6) is 5.75 Å². The van der Waals surface area contributed by atoms with Gasteiger partial charge in [-0.3, -0.25) is 9.52 Å². The molecule has 49 heavy (non-hydrogen) atoms. The van der Waals surface area contributed by atoms with Gasteiger partial charge >= 0.3 is 0 Å². The molecule has 1 aliphatic heterocycles. The molecule has 0 aromatic heterocycles. The van der Waals surface area contributed by atoms with E-state index in [1.54, 1.807) is 55.5 Å². The number of aliphatic hydroxyl groups is 1. The van der Waals surface area contributed by atoms with Gasteiger partial charge in [0, 0.05) is 38.3 Å². The number of hydrogen-bond donors (Lipinski definition) is 2. The highest BCUT2D eigenvalue weighted by atomic mass is 32.2. The van der Waals surface area contributed by atoms with E-state index in [1.165, 1.54) is 34.5 Å². The monoisotopic (exact) mass is 715 g/mol. The van der Waals surface area contributed by atoms with Gasteiger partial charge in [-0.25, -0.2) is 16.8 Å². The summed E-state index contributed by atoms with van der Waals surface area (Å²) in [5.41, 5.74) is 2.18. The molecule has 11 nitrogen and oxygen atoms in total. The highest BCUT2D eigenvalue weighted by Crippen LogP contribution is 2.30. The molecule has 0 aliphatic carbocycles. The number of anilines is 1. The number of amides is 1.